The second-order valence-electron chi connectivity index (χ2n) is 6.75. The van der Waals surface area contributed by atoms with E-state index in [1.54, 1.807) is 33.8 Å². The number of hydrogen-bond acceptors (Lipinski definition) is 6. The molecule has 0 aliphatic carbocycles. The minimum atomic E-state index is -3.87. The zero-order valence-electron chi connectivity index (χ0n) is 16.1. The molecule has 1 amide bonds. The van der Waals surface area contributed by atoms with Gasteiger partial charge in [-0.25, -0.2) is 8.42 Å². The average Bonchev–Trinajstić information content (AvgIpc) is 2.60. The highest BCUT2D eigenvalue weighted by atomic mass is 32.2. The summed E-state index contributed by atoms with van der Waals surface area (Å²) in [5, 5.41) is 11.6. The monoisotopic (exact) mass is 395 g/mol. The number of nitriles is 1. The number of nitrogens with one attached hydrogen (secondary N) is 2. The van der Waals surface area contributed by atoms with E-state index in [9.17, 15) is 18.0 Å². The van der Waals surface area contributed by atoms with Gasteiger partial charge in [0, 0.05) is 0 Å². The second-order valence-corrected chi connectivity index (χ2v) is 8.52. The van der Waals surface area contributed by atoms with E-state index in [4.69, 9.17) is 10.00 Å². The van der Waals surface area contributed by atoms with Crippen molar-refractivity contribution < 1.29 is 22.7 Å². The van der Waals surface area contributed by atoms with Gasteiger partial charge in [-0.15, -0.1) is 0 Å². The van der Waals surface area contributed by atoms with Gasteiger partial charge in [0.25, 0.3) is 5.91 Å². The van der Waals surface area contributed by atoms with E-state index in [-0.39, 0.29) is 10.8 Å². The number of rotatable bonds is 8. The molecule has 0 saturated carbocycles. The van der Waals surface area contributed by atoms with Crippen LogP contribution in [-0.4, -0.2) is 39.0 Å². The lowest BCUT2D eigenvalue weighted by atomic mass is 9.90. The number of amides is 1. The summed E-state index contributed by atoms with van der Waals surface area (Å²) in [6.07, 6.45) is 0. The average molecular weight is 395 g/mol. The van der Waals surface area contributed by atoms with Gasteiger partial charge in [0.05, 0.1) is 11.0 Å². The number of carbonyl (C=O) groups is 2. The Balaban J connectivity index is 2.57. The lowest BCUT2D eigenvalue weighted by Crippen LogP contribution is -2.50. The third-order valence-electron chi connectivity index (χ3n) is 4.35. The Morgan fingerprint density at radius 1 is 1.26 bits per heavy atom. The third kappa shape index (κ3) is 6.34. The Hall–Kier alpha value is -2.44. The summed E-state index contributed by atoms with van der Waals surface area (Å²) in [6, 6.07) is 6.63. The molecule has 0 aliphatic heterocycles. The van der Waals surface area contributed by atoms with Crippen LogP contribution in [0.5, 0.6) is 0 Å². The van der Waals surface area contributed by atoms with Gasteiger partial charge >= 0.3 is 5.97 Å². The molecule has 0 heterocycles. The molecule has 0 saturated heterocycles. The van der Waals surface area contributed by atoms with Crippen molar-refractivity contribution in [2.45, 2.75) is 45.1 Å². The molecule has 8 nitrogen and oxygen atoms in total. The van der Waals surface area contributed by atoms with Gasteiger partial charge < -0.3 is 10.1 Å². The highest BCUT2D eigenvalue weighted by Crippen LogP contribution is 2.15. The summed E-state index contributed by atoms with van der Waals surface area (Å²) in [5.74, 6) is -1.69. The molecular weight excluding hydrogens is 370 g/mol. The Labute approximate surface area is 160 Å². The van der Waals surface area contributed by atoms with E-state index in [1.165, 1.54) is 12.1 Å². The minimum absolute atomic E-state index is 0.0397. The van der Waals surface area contributed by atoms with Crippen LogP contribution < -0.4 is 10.0 Å². The van der Waals surface area contributed by atoms with Gasteiger partial charge in [-0.2, -0.15) is 9.98 Å². The van der Waals surface area contributed by atoms with Crippen LogP contribution in [-0.2, 0) is 24.3 Å². The zero-order chi connectivity index (χ0) is 20.8. The quantitative estimate of drug-likeness (QED) is 0.637. The summed E-state index contributed by atoms with van der Waals surface area (Å²) < 4.78 is 31.3. The molecule has 0 aliphatic rings. The van der Waals surface area contributed by atoms with E-state index >= 15 is 0 Å². The number of aryl methyl sites for hydroxylation is 2. The van der Waals surface area contributed by atoms with Crippen LogP contribution in [0.3, 0.4) is 0 Å². The molecule has 0 radical (unpaired) electrons. The van der Waals surface area contributed by atoms with E-state index in [1.807, 2.05) is 13.0 Å². The Morgan fingerprint density at radius 3 is 2.41 bits per heavy atom. The van der Waals surface area contributed by atoms with Gasteiger partial charge in [-0.1, -0.05) is 19.9 Å². The van der Waals surface area contributed by atoms with Crippen LogP contribution in [0.2, 0.25) is 0 Å². The maximum absolute atomic E-state index is 12.2. The van der Waals surface area contributed by atoms with Crippen LogP contribution in [0.15, 0.2) is 23.1 Å². The van der Waals surface area contributed by atoms with E-state index in [0.717, 1.165) is 11.1 Å². The first kappa shape index (κ1) is 22.6. The van der Waals surface area contributed by atoms with Crippen LogP contribution in [0.4, 0.5) is 0 Å². The maximum atomic E-state index is 12.2. The van der Waals surface area contributed by atoms with Crippen molar-refractivity contribution in [2.24, 2.45) is 5.92 Å². The fourth-order valence-electron chi connectivity index (χ4n) is 1.94. The SMILES string of the molecule is Cc1ccc(S(=O)(=O)NCC(=O)OCC(=O)N[C@@](C)(C#N)C(C)C)cc1C. The Bertz CT molecular complexity index is 858. The second kappa shape index (κ2) is 8.97. The van der Waals surface area contributed by atoms with Crippen molar-refractivity contribution in [1.82, 2.24) is 10.0 Å². The molecule has 27 heavy (non-hydrogen) atoms. The summed E-state index contributed by atoms with van der Waals surface area (Å²) >= 11 is 0. The smallest absolute Gasteiger partial charge is 0.321 e. The molecule has 9 heteroatoms. The zero-order valence-corrected chi connectivity index (χ0v) is 16.9. The van der Waals surface area contributed by atoms with Crippen LogP contribution >= 0.6 is 0 Å². The molecule has 1 aromatic rings. The Morgan fingerprint density at radius 2 is 1.89 bits per heavy atom. The third-order valence-corrected chi connectivity index (χ3v) is 5.74. The number of carbonyl (C=O) groups excluding carboxylic acids is 2. The van der Waals surface area contributed by atoms with Crippen LogP contribution in [0, 0.1) is 31.1 Å². The first-order valence-corrected chi connectivity index (χ1v) is 9.84. The maximum Gasteiger partial charge on any atom is 0.321 e. The van der Waals surface area contributed by atoms with Crippen LogP contribution in [0.1, 0.15) is 31.9 Å². The summed E-state index contributed by atoms with van der Waals surface area (Å²) in [4.78, 5) is 23.6. The molecule has 2 N–H and O–H groups in total. The predicted molar refractivity (Wildman–Crippen MR) is 99.1 cm³/mol. The molecule has 0 bridgehead atoms. The number of ether oxygens (including phenoxy) is 1. The lowest BCUT2D eigenvalue weighted by molar-refractivity contribution is -0.147. The van der Waals surface area contributed by atoms with Gasteiger partial charge in [-0.3, -0.25) is 9.59 Å². The van der Waals surface area contributed by atoms with Gasteiger partial charge in [0.15, 0.2) is 6.61 Å². The van der Waals surface area contributed by atoms with E-state index in [2.05, 4.69) is 10.0 Å². The first-order valence-electron chi connectivity index (χ1n) is 8.36. The van der Waals surface area contributed by atoms with E-state index in [0.29, 0.717) is 0 Å². The van der Waals surface area contributed by atoms with E-state index < -0.39 is 40.6 Å². The number of nitrogens with zero attached hydrogens (tertiary/aromatic N) is 1. The minimum Gasteiger partial charge on any atom is -0.455 e. The molecule has 1 aromatic carbocycles. The number of hydrogen-bond donors (Lipinski definition) is 2. The number of sulfonamides is 1. The molecular formula is C18H25N3O5S. The molecule has 0 fully saturated rings. The molecule has 148 valence electrons. The molecule has 0 aromatic heterocycles. The molecule has 1 rings (SSSR count). The summed E-state index contributed by atoms with van der Waals surface area (Å²) in [5.41, 5.74) is 0.668. The fourth-order valence-corrected chi connectivity index (χ4v) is 3.00. The molecule has 0 unspecified atom stereocenters. The Kier molecular flexibility index (Phi) is 7.51. The number of esters is 1. The van der Waals surface area contributed by atoms with Crippen LogP contribution in [0.25, 0.3) is 0 Å². The standard InChI is InChI=1S/C18H25N3O5S/c1-12(2)18(5,11-19)21-16(22)10-26-17(23)9-20-27(24,25)15-7-6-13(3)14(4)8-15/h6-8,12,20H,9-10H2,1-5H3,(H,21,22)/t18-/m0/s1. The first-order chi connectivity index (χ1) is 12.4. The van der Waals surface area contributed by atoms with Crippen molar-refractivity contribution >= 4 is 21.9 Å². The predicted octanol–water partition coefficient (Wildman–Crippen LogP) is 1.18. The highest BCUT2D eigenvalue weighted by Gasteiger charge is 2.30. The van der Waals surface area contributed by atoms with Crippen molar-refractivity contribution in [3.63, 3.8) is 0 Å². The largest absolute Gasteiger partial charge is 0.455 e. The van der Waals surface area contributed by atoms with Gasteiger partial charge in [0.1, 0.15) is 12.1 Å². The van der Waals surface area contributed by atoms with Crippen molar-refractivity contribution in [2.75, 3.05) is 13.2 Å². The topological polar surface area (TPSA) is 125 Å². The molecule has 0 spiro atoms. The number of benzene rings is 1. The summed E-state index contributed by atoms with van der Waals surface area (Å²) in [7, 11) is -3.87. The van der Waals surface area contributed by atoms with Crippen molar-refractivity contribution in [3.8, 4) is 6.07 Å². The molecule has 1 atom stereocenters. The normalized spacial score (nSPS) is 13.5. The lowest BCUT2D eigenvalue weighted by Gasteiger charge is -2.27. The van der Waals surface area contributed by atoms with Crippen molar-refractivity contribution in [3.05, 3.63) is 29.3 Å². The van der Waals surface area contributed by atoms with Gasteiger partial charge in [-0.05, 0) is 49.9 Å². The van der Waals surface area contributed by atoms with Gasteiger partial charge in [0.2, 0.25) is 10.0 Å². The van der Waals surface area contributed by atoms with Crippen molar-refractivity contribution in [1.29, 1.82) is 5.26 Å². The summed E-state index contributed by atoms with van der Waals surface area (Å²) in [6.45, 7) is 7.55. The fraction of sp³-hybridized carbons (Fsp3) is 0.500. The highest BCUT2D eigenvalue weighted by molar-refractivity contribution is 7.89.